The minimum Gasteiger partial charge on any atom is -0.414 e. The molecule has 0 saturated carbocycles. The predicted octanol–water partition coefficient (Wildman–Crippen LogP) is 1.10. The Kier molecular flexibility index (Phi) is 4.26. The quantitative estimate of drug-likeness (QED) is 0.363. The summed E-state index contributed by atoms with van der Waals surface area (Å²) >= 11 is 0. The molecule has 0 aromatic carbocycles. The lowest BCUT2D eigenvalue weighted by Gasteiger charge is -2.25. The molecule has 0 bridgehead atoms. The maximum Gasteiger partial charge on any atom is 0.235 e. The van der Waals surface area contributed by atoms with Gasteiger partial charge >= 0.3 is 0 Å². The van der Waals surface area contributed by atoms with E-state index in [1.54, 1.807) is 0 Å². The predicted molar refractivity (Wildman–Crippen MR) is 47.0 cm³/mol. The van der Waals surface area contributed by atoms with Crippen molar-refractivity contribution in [3.63, 3.8) is 0 Å². The van der Waals surface area contributed by atoms with Crippen LogP contribution in [0.1, 0.15) is 13.8 Å². The Bertz CT molecular complexity index is 162. The van der Waals surface area contributed by atoms with Gasteiger partial charge in [0, 0.05) is 0 Å². The minimum atomic E-state index is -1.03. The van der Waals surface area contributed by atoms with Gasteiger partial charge in [-0.05, 0) is 26.9 Å². The molecular weight excluding hydrogens is 158 g/mol. The van der Waals surface area contributed by atoms with Gasteiger partial charge in [0.15, 0.2) is 9.04 Å². The number of nitrogens with zero attached hydrogens (tertiary/aromatic N) is 1. The van der Waals surface area contributed by atoms with Crippen molar-refractivity contribution in [2.45, 2.75) is 32.5 Å². The highest BCUT2D eigenvalue weighted by atomic mass is 28.3. The van der Waals surface area contributed by atoms with Gasteiger partial charge in [-0.3, -0.25) is 0 Å². The maximum atomic E-state index is 9.80. The van der Waals surface area contributed by atoms with Gasteiger partial charge in [-0.25, -0.2) is 9.79 Å². The van der Waals surface area contributed by atoms with Crippen LogP contribution in [0.25, 0.3) is 0 Å². The summed E-state index contributed by atoms with van der Waals surface area (Å²) < 4.78 is 5.61. The summed E-state index contributed by atoms with van der Waals surface area (Å²) in [6.07, 6.45) is 1.51. The molecule has 0 heterocycles. The van der Waals surface area contributed by atoms with Crippen LogP contribution in [-0.2, 0) is 9.22 Å². The standard InChI is InChI=1S/C7H15NO2Si/c1-7(2,5-8-6-9)10-11(3)4/h11H,5H2,1-4H3. The van der Waals surface area contributed by atoms with Crippen molar-refractivity contribution in [1.29, 1.82) is 0 Å². The highest BCUT2D eigenvalue weighted by Crippen LogP contribution is 2.10. The van der Waals surface area contributed by atoms with Crippen LogP contribution in [0.15, 0.2) is 4.99 Å². The number of carbonyl (C=O) groups excluding carboxylic acids is 1. The van der Waals surface area contributed by atoms with E-state index in [2.05, 4.69) is 18.1 Å². The molecule has 11 heavy (non-hydrogen) atoms. The second-order valence-corrected chi connectivity index (χ2v) is 5.67. The zero-order valence-corrected chi connectivity index (χ0v) is 8.70. The Morgan fingerprint density at radius 2 is 2.09 bits per heavy atom. The van der Waals surface area contributed by atoms with E-state index in [4.69, 9.17) is 4.43 Å². The molecule has 0 rings (SSSR count). The first-order valence-corrected chi connectivity index (χ1v) is 6.47. The van der Waals surface area contributed by atoms with Crippen LogP contribution in [0, 0.1) is 0 Å². The third-order valence-electron chi connectivity index (χ3n) is 1.08. The first-order chi connectivity index (χ1) is 4.98. The topological polar surface area (TPSA) is 38.7 Å². The van der Waals surface area contributed by atoms with Crippen LogP contribution >= 0.6 is 0 Å². The molecule has 0 aliphatic heterocycles. The summed E-state index contributed by atoms with van der Waals surface area (Å²) in [7, 11) is -1.03. The van der Waals surface area contributed by atoms with E-state index in [0.717, 1.165) is 0 Å². The summed E-state index contributed by atoms with van der Waals surface area (Å²) in [5, 5.41) is 0. The number of aliphatic imine (C=N–C) groups is 1. The molecule has 0 aromatic rings. The van der Waals surface area contributed by atoms with Crippen molar-refractivity contribution < 1.29 is 9.22 Å². The molecule has 0 saturated heterocycles. The van der Waals surface area contributed by atoms with E-state index < -0.39 is 9.04 Å². The second-order valence-electron chi connectivity index (χ2n) is 3.33. The van der Waals surface area contributed by atoms with Crippen molar-refractivity contribution in [2.24, 2.45) is 4.99 Å². The number of rotatable bonds is 4. The molecular formula is C7H15NO2Si. The lowest BCUT2D eigenvalue weighted by atomic mass is 10.1. The third kappa shape index (κ3) is 5.98. The van der Waals surface area contributed by atoms with Crippen molar-refractivity contribution >= 4 is 15.1 Å². The van der Waals surface area contributed by atoms with E-state index >= 15 is 0 Å². The van der Waals surface area contributed by atoms with Crippen LogP contribution in [0.5, 0.6) is 0 Å². The molecule has 4 heteroatoms. The fourth-order valence-corrected chi connectivity index (χ4v) is 2.25. The average molecular weight is 173 g/mol. The van der Waals surface area contributed by atoms with E-state index in [1.165, 1.54) is 6.08 Å². The molecule has 0 unspecified atom stereocenters. The van der Waals surface area contributed by atoms with Gasteiger partial charge in [0.1, 0.15) is 0 Å². The number of hydrogen-bond acceptors (Lipinski definition) is 3. The molecule has 3 nitrogen and oxygen atoms in total. The fraction of sp³-hybridized carbons (Fsp3) is 0.857. The highest BCUT2D eigenvalue weighted by Gasteiger charge is 2.18. The van der Waals surface area contributed by atoms with Gasteiger partial charge < -0.3 is 4.43 Å². The minimum absolute atomic E-state index is 0.294. The van der Waals surface area contributed by atoms with Crippen LogP contribution in [0.4, 0.5) is 0 Å². The molecule has 0 atom stereocenters. The first kappa shape index (κ1) is 10.6. The van der Waals surface area contributed by atoms with Gasteiger partial charge in [0.2, 0.25) is 6.08 Å². The lowest BCUT2D eigenvalue weighted by molar-refractivity contribution is 0.120. The van der Waals surface area contributed by atoms with E-state index in [1.807, 2.05) is 13.8 Å². The molecule has 0 aliphatic carbocycles. The largest absolute Gasteiger partial charge is 0.414 e. The van der Waals surface area contributed by atoms with Crippen LogP contribution < -0.4 is 0 Å². The molecule has 0 spiro atoms. The Hall–Kier alpha value is -0.443. The van der Waals surface area contributed by atoms with Crippen LogP contribution in [-0.4, -0.2) is 27.3 Å². The Morgan fingerprint density at radius 1 is 1.55 bits per heavy atom. The van der Waals surface area contributed by atoms with Crippen molar-refractivity contribution in [3.8, 4) is 0 Å². The van der Waals surface area contributed by atoms with E-state index in [-0.39, 0.29) is 5.60 Å². The summed E-state index contributed by atoms with van der Waals surface area (Å²) in [5.41, 5.74) is -0.294. The number of isocyanates is 1. The summed E-state index contributed by atoms with van der Waals surface area (Å²) in [6.45, 7) is 8.45. The van der Waals surface area contributed by atoms with Gasteiger partial charge in [-0.2, -0.15) is 0 Å². The highest BCUT2D eigenvalue weighted by molar-refractivity contribution is 6.48. The van der Waals surface area contributed by atoms with Crippen LogP contribution in [0.2, 0.25) is 13.1 Å². The maximum absolute atomic E-state index is 9.80. The summed E-state index contributed by atoms with van der Waals surface area (Å²) in [5.74, 6) is 0. The smallest absolute Gasteiger partial charge is 0.235 e. The third-order valence-corrected chi connectivity index (χ3v) is 2.19. The first-order valence-electron chi connectivity index (χ1n) is 3.69. The summed E-state index contributed by atoms with van der Waals surface area (Å²) in [4.78, 5) is 13.3. The zero-order chi connectivity index (χ0) is 8.91. The molecule has 64 valence electrons. The molecule has 0 fully saturated rings. The Morgan fingerprint density at radius 3 is 2.45 bits per heavy atom. The monoisotopic (exact) mass is 173 g/mol. The molecule has 0 aromatic heterocycles. The molecule has 0 amide bonds. The molecule has 0 N–H and O–H groups in total. The van der Waals surface area contributed by atoms with Gasteiger partial charge in [-0.1, -0.05) is 0 Å². The molecule has 0 aliphatic rings. The van der Waals surface area contributed by atoms with Crippen molar-refractivity contribution in [3.05, 3.63) is 0 Å². The molecule has 0 radical (unpaired) electrons. The van der Waals surface area contributed by atoms with Gasteiger partial charge in [0.05, 0.1) is 12.1 Å². The SMILES string of the molecule is C[SiH](C)OC(C)(C)CN=C=O. The fourth-order valence-electron chi connectivity index (χ4n) is 0.898. The summed E-state index contributed by atoms with van der Waals surface area (Å²) in [6, 6.07) is 0. The Labute approximate surface area is 69.2 Å². The van der Waals surface area contributed by atoms with E-state index in [0.29, 0.717) is 6.54 Å². The van der Waals surface area contributed by atoms with Gasteiger partial charge in [-0.15, -0.1) is 0 Å². The zero-order valence-electron chi connectivity index (χ0n) is 7.55. The lowest BCUT2D eigenvalue weighted by Crippen LogP contribution is -2.33. The normalized spacial score (nSPS) is 11.4. The van der Waals surface area contributed by atoms with Crippen molar-refractivity contribution in [1.82, 2.24) is 0 Å². The Balaban J connectivity index is 3.88. The van der Waals surface area contributed by atoms with Crippen molar-refractivity contribution in [2.75, 3.05) is 6.54 Å². The second kappa shape index (κ2) is 4.44. The number of hydrogen-bond donors (Lipinski definition) is 0. The van der Waals surface area contributed by atoms with Gasteiger partial charge in [0.25, 0.3) is 0 Å². The average Bonchev–Trinajstić information content (AvgIpc) is 1.81. The van der Waals surface area contributed by atoms with Crippen LogP contribution in [0.3, 0.4) is 0 Å². The van der Waals surface area contributed by atoms with E-state index in [9.17, 15) is 4.79 Å².